The second kappa shape index (κ2) is 5.45. The second-order valence-corrected chi connectivity index (χ2v) is 5.12. The zero-order valence-corrected chi connectivity index (χ0v) is 11.4. The number of aliphatic hydroxyl groups excluding tert-OH is 1. The smallest absolute Gasteiger partial charge is 0.251 e. The molecule has 0 aliphatic rings. The van der Waals surface area contributed by atoms with Crippen LogP contribution in [0.2, 0.25) is 0 Å². The van der Waals surface area contributed by atoms with E-state index in [4.69, 9.17) is 5.11 Å². The Morgan fingerprint density at radius 3 is 2.89 bits per heavy atom. The monoisotopic (exact) mass is 260 g/mol. The third kappa shape index (κ3) is 2.96. The summed E-state index contributed by atoms with van der Waals surface area (Å²) in [7, 11) is 0. The van der Waals surface area contributed by atoms with E-state index in [1.165, 1.54) is 0 Å². The van der Waals surface area contributed by atoms with Crippen LogP contribution in [0.5, 0.6) is 0 Å². The number of H-pyrrole nitrogens is 1. The van der Waals surface area contributed by atoms with Crippen LogP contribution >= 0.6 is 0 Å². The molecule has 1 heterocycles. The first-order chi connectivity index (χ1) is 9.08. The van der Waals surface area contributed by atoms with Gasteiger partial charge in [-0.3, -0.25) is 4.79 Å². The highest BCUT2D eigenvalue weighted by Gasteiger charge is 2.24. The molecule has 0 unspecified atom stereocenters. The molecule has 0 aliphatic heterocycles. The van der Waals surface area contributed by atoms with Crippen molar-refractivity contribution >= 4 is 16.8 Å². The summed E-state index contributed by atoms with van der Waals surface area (Å²) in [5.74, 6) is -0.102. The number of hydrogen-bond acceptors (Lipinski definition) is 2. The molecule has 0 fully saturated rings. The minimum atomic E-state index is -0.365. The number of aromatic amines is 1. The van der Waals surface area contributed by atoms with Crippen molar-refractivity contribution in [2.24, 2.45) is 0 Å². The number of amides is 1. The summed E-state index contributed by atoms with van der Waals surface area (Å²) >= 11 is 0. The van der Waals surface area contributed by atoms with Crippen molar-refractivity contribution in [2.75, 3.05) is 6.61 Å². The quantitative estimate of drug-likeness (QED) is 0.773. The van der Waals surface area contributed by atoms with Crippen LogP contribution in [-0.2, 0) is 0 Å². The van der Waals surface area contributed by atoms with Gasteiger partial charge in [-0.05, 0) is 43.4 Å². The largest absolute Gasteiger partial charge is 0.396 e. The molecule has 4 heteroatoms. The van der Waals surface area contributed by atoms with Gasteiger partial charge in [0.2, 0.25) is 0 Å². The molecule has 2 rings (SSSR count). The highest BCUT2D eigenvalue weighted by Crippen LogP contribution is 2.17. The summed E-state index contributed by atoms with van der Waals surface area (Å²) in [4.78, 5) is 15.3. The number of nitrogens with one attached hydrogen (secondary N) is 2. The third-order valence-electron chi connectivity index (χ3n) is 3.68. The van der Waals surface area contributed by atoms with Crippen molar-refractivity contribution in [3.8, 4) is 0 Å². The van der Waals surface area contributed by atoms with E-state index in [1.54, 1.807) is 0 Å². The van der Waals surface area contributed by atoms with E-state index in [9.17, 15) is 4.79 Å². The number of carbonyl (C=O) groups is 1. The van der Waals surface area contributed by atoms with Crippen LogP contribution in [0.4, 0.5) is 0 Å². The lowest BCUT2D eigenvalue weighted by molar-refractivity contribution is 0.0886. The molecule has 1 aromatic carbocycles. The number of aliphatic hydroxyl groups is 1. The molecule has 1 aromatic heterocycles. The molecular formula is C15H20N2O2. The van der Waals surface area contributed by atoms with Gasteiger partial charge in [0.25, 0.3) is 5.91 Å². The van der Waals surface area contributed by atoms with Crippen molar-refractivity contribution in [1.29, 1.82) is 0 Å². The van der Waals surface area contributed by atoms with Gasteiger partial charge in [-0.2, -0.15) is 0 Å². The normalized spacial score (nSPS) is 14.3. The van der Waals surface area contributed by atoms with Crippen molar-refractivity contribution in [3.05, 3.63) is 36.0 Å². The fourth-order valence-electron chi connectivity index (χ4n) is 2.11. The lowest BCUT2D eigenvalue weighted by Crippen LogP contribution is -2.46. The Balaban J connectivity index is 2.18. The fraction of sp³-hybridized carbons (Fsp3) is 0.400. The summed E-state index contributed by atoms with van der Waals surface area (Å²) in [6, 6.07) is 7.56. The lowest BCUT2D eigenvalue weighted by Gasteiger charge is -2.29. The summed E-state index contributed by atoms with van der Waals surface area (Å²) in [6.07, 6.45) is 3.19. The molecular weight excluding hydrogens is 240 g/mol. The Kier molecular flexibility index (Phi) is 3.90. The van der Waals surface area contributed by atoms with Gasteiger partial charge in [-0.1, -0.05) is 13.0 Å². The van der Waals surface area contributed by atoms with Crippen molar-refractivity contribution < 1.29 is 9.90 Å². The zero-order valence-electron chi connectivity index (χ0n) is 11.4. The maximum Gasteiger partial charge on any atom is 0.251 e. The number of benzene rings is 1. The molecule has 4 nitrogen and oxygen atoms in total. The Labute approximate surface area is 112 Å². The van der Waals surface area contributed by atoms with Gasteiger partial charge in [-0.15, -0.1) is 0 Å². The molecule has 0 radical (unpaired) electrons. The average Bonchev–Trinajstić information content (AvgIpc) is 2.86. The molecule has 102 valence electrons. The van der Waals surface area contributed by atoms with Crippen LogP contribution in [0.15, 0.2) is 30.5 Å². The molecule has 2 aromatic rings. The second-order valence-electron chi connectivity index (χ2n) is 5.12. The molecule has 0 spiro atoms. The minimum Gasteiger partial charge on any atom is -0.396 e. The molecule has 1 amide bonds. The van der Waals surface area contributed by atoms with Crippen LogP contribution in [-0.4, -0.2) is 28.1 Å². The first kappa shape index (κ1) is 13.6. The maximum absolute atomic E-state index is 12.3. The van der Waals surface area contributed by atoms with E-state index in [1.807, 2.05) is 44.3 Å². The number of fused-ring (bicyclic) bond motifs is 1. The van der Waals surface area contributed by atoms with Gasteiger partial charge in [0.15, 0.2) is 0 Å². The summed E-state index contributed by atoms with van der Waals surface area (Å²) in [5, 5.41) is 13.2. The third-order valence-corrected chi connectivity index (χ3v) is 3.68. The van der Waals surface area contributed by atoms with Crippen LogP contribution in [0.25, 0.3) is 10.9 Å². The number of aromatic nitrogens is 1. The van der Waals surface area contributed by atoms with Crippen LogP contribution in [0.1, 0.15) is 37.0 Å². The standard InChI is InChI=1S/C15H20N2O2/c1-3-15(2,7-9-18)17-14(19)12-5-4-11-6-8-16-13(11)10-12/h4-6,8,10,16,18H,3,7,9H2,1-2H3,(H,17,19)/t15-/m0/s1. The Hall–Kier alpha value is -1.81. The zero-order chi connectivity index (χ0) is 13.9. The Bertz CT molecular complexity index is 576. The molecule has 1 atom stereocenters. The van der Waals surface area contributed by atoms with Crippen molar-refractivity contribution in [3.63, 3.8) is 0 Å². The summed E-state index contributed by atoms with van der Waals surface area (Å²) in [6.45, 7) is 4.03. The lowest BCUT2D eigenvalue weighted by atomic mass is 9.94. The van der Waals surface area contributed by atoms with Gasteiger partial charge < -0.3 is 15.4 Å². The van der Waals surface area contributed by atoms with E-state index >= 15 is 0 Å². The highest BCUT2D eigenvalue weighted by molar-refractivity contribution is 5.98. The van der Waals surface area contributed by atoms with Crippen LogP contribution < -0.4 is 5.32 Å². The first-order valence-electron chi connectivity index (χ1n) is 6.58. The van der Waals surface area contributed by atoms with Gasteiger partial charge in [0.1, 0.15) is 0 Å². The van der Waals surface area contributed by atoms with Crippen molar-refractivity contribution in [1.82, 2.24) is 10.3 Å². The van der Waals surface area contributed by atoms with Crippen LogP contribution in [0.3, 0.4) is 0 Å². The number of carbonyl (C=O) groups excluding carboxylic acids is 1. The highest BCUT2D eigenvalue weighted by atomic mass is 16.3. The molecule has 0 saturated carbocycles. The molecule has 0 aliphatic carbocycles. The number of rotatable bonds is 5. The van der Waals surface area contributed by atoms with E-state index < -0.39 is 0 Å². The molecule has 0 saturated heterocycles. The fourth-order valence-corrected chi connectivity index (χ4v) is 2.11. The molecule has 19 heavy (non-hydrogen) atoms. The topological polar surface area (TPSA) is 65.1 Å². The van der Waals surface area contributed by atoms with Crippen LogP contribution in [0, 0.1) is 0 Å². The predicted octanol–water partition coefficient (Wildman–Crippen LogP) is 2.45. The average molecular weight is 260 g/mol. The Morgan fingerprint density at radius 1 is 1.42 bits per heavy atom. The first-order valence-corrected chi connectivity index (χ1v) is 6.58. The van der Waals surface area contributed by atoms with E-state index in [0.717, 1.165) is 17.3 Å². The minimum absolute atomic E-state index is 0.0697. The van der Waals surface area contributed by atoms with E-state index in [2.05, 4.69) is 10.3 Å². The van der Waals surface area contributed by atoms with E-state index in [-0.39, 0.29) is 18.1 Å². The summed E-state index contributed by atoms with van der Waals surface area (Å²) < 4.78 is 0. The Morgan fingerprint density at radius 2 is 2.21 bits per heavy atom. The maximum atomic E-state index is 12.3. The van der Waals surface area contributed by atoms with E-state index in [0.29, 0.717) is 12.0 Å². The van der Waals surface area contributed by atoms with Crippen molar-refractivity contribution in [2.45, 2.75) is 32.2 Å². The molecule has 3 N–H and O–H groups in total. The summed E-state index contributed by atoms with van der Waals surface area (Å²) in [5.41, 5.74) is 1.22. The predicted molar refractivity (Wildman–Crippen MR) is 76.2 cm³/mol. The molecule has 0 bridgehead atoms. The van der Waals surface area contributed by atoms with Gasteiger partial charge in [0.05, 0.1) is 0 Å². The number of hydrogen-bond donors (Lipinski definition) is 3. The van der Waals surface area contributed by atoms with Gasteiger partial charge >= 0.3 is 0 Å². The SMILES string of the molecule is CC[C@@](C)(CCO)NC(=O)c1ccc2cc[nH]c2c1. The van der Waals surface area contributed by atoms with Gasteiger partial charge in [-0.25, -0.2) is 0 Å². The van der Waals surface area contributed by atoms with Gasteiger partial charge in [0, 0.05) is 29.4 Å².